The van der Waals surface area contributed by atoms with Crippen LogP contribution in [0.3, 0.4) is 0 Å². The van der Waals surface area contributed by atoms with Crippen molar-refractivity contribution in [3.63, 3.8) is 0 Å². The van der Waals surface area contributed by atoms with Crippen molar-refractivity contribution < 1.29 is 14.7 Å². The van der Waals surface area contributed by atoms with Gasteiger partial charge in [-0.15, -0.1) is 0 Å². The first kappa shape index (κ1) is 17.3. The van der Waals surface area contributed by atoms with Crippen LogP contribution in [0.2, 0.25) is 0 Å². The minimum Gasteiger partial charge on any atom is -0.478 e. The number of nitriles is 1. The number of nitrogens with one attached hydrogen (secondary N) is 1. The number of hydrogen-bond donors (Lipinski definition) is 2. The van der Waals surface area contributed by atoms with Crippen molar-refractivity contribution in [3.05, 3.63) is 63.7 Å². The predicted octanol–water partition coefficient (Wildman–Crippen LogP) is 3.87. The number of anilines is 1. The van der Waals surface area contributed by atoms with Gasteiger partial charge in [0.25, 0.3) is 0 Å². The standard InChI is InChI=1S/C22H20N2O3/c1-4-12-8-15-16(9-14(12)21(26)27)22(2,3)20-18(19(15)25)13-6-5-11(10-23)7-17(13)24-20/h5-9,18,20,24H,4H2,1-3H3,(H,26,27). The number of aryl methyl sites for hydroxylation is 1. The Hall–Kier alpha value is -3.13. The Morgan fingerprint density at radius 1 is 1.30 bits per heavy atom. The number of carboxylic acid groups (broad SMARTS) is 1. The SMILES string of the molecule is CCc1cc2c(cc1C(=O)O)C(C)(C)C1Nc3cc(C#N)ccc3C1C2=O. The fourth-order valence-electron chi connectivity index (χ4n) is 4.55. The summed E-state index contributed by atoms with van der Waals surface area (Å²) in [4.78, 5) is 25.1. The molecule has 5 heteroatoms. The Labute approximate surface area is 157 Å². The number of nitrogens with zero attached hydrogens (tertiary/aromatic N) is 1. The third-order valence-corrected chi connectivity index (χ3v) is 6.04. The normalized spacial score (nSPS) is 21.5. The number of carbonyl (C=O) groups is 2. The fourth-order valence-corrected chi connectivity index (χ4v) is 4.55. The lowest BCUT2D eigenvalue weighted by Crippen LogP contribution is -2.48. The first-order valence-corrected chi connectivity index (χ1v) is 9.05. The Balaban J connectivity index is 1.93. The zero-order chi connectivity index (χ0) is 19.5. The van der Waals surface area contributed by atoms with Gasteiger partial charge in [0.1, 0.15) is 0 Å². The number of rotatable bonds is 2. The average molecular weight is 360 g/mol. The molecule has 0 saturated heterocycles. The molecule has 2 unspecified atom stereocenters. The molecule has 2 N–H and O–H groups in total. The number of carboxylic acids is 1. The molecule has 136 valence electrons. The van der Waals surface area contributed by atoms with Gasteiger partial charge in [0.15, 0.2) is 5.78 Å². The van der Waals surface area contributed by atoms with Crippen LogP contribution in [0.1, 0.15) is 69.7 Å². The van der Waals surface area contributed by atoms with Gasteiger partial charge < -0.3 is 10.4 Å². The molecular formula is C22H20N2O3. The first-order valence-electron chi connectivity index (χ1n) is 9.05. The van der Waals surface area contributed by atoms with Crippen LogP contribution in [-0.4, -0.2) is 22.9 Å². The van der Waals surface area contributed by atoms with E-state index in [-0.39, 0.29) is 23.3 Å². The first-order chi connectivity index (χ1) is 12.8. The topological polar surface area (TPSA) is 90.2 Å². The maximum Gasteiger partial charge on any atom is 0.335 e. The highest BCUT2D eigenvalue weighted by molar-refractivity contribution is 6.08. The van der Waals surface area contributed by atoms with Crippen LogP contribution in [-0.2, 0) is 11.8 Å². The smallest absolute Gasteiger partial charge is 0.335 e. The fraction of sp³-hybridized carbons (Fsp3) is 0.318. The summed E-state index contributed by atoms with van der Waals surface area (Å²) in [7, 11) is 0. The highest BCUT2D eigenvalue weighted by Crippen LogP contribution is 2.51. The summed E-state index contributed by atoms with van der Waals surface area (Å²) in [6.45, 7) is 5.97. The summed E-state index contributed by atoms with van der Waals surface area (Å²) in [5.41, 5.74) is 4.13. The van der Waals surface area contributed by atoms with Crippen molar-refractivity contribution in [2.45, 2.75) is 44.6 Å². The molecule has 0 spiro atoms. The van der Waals surface area contributed by atoms with Gasteiger partial charge >= 0.3 is 5.97 Å². The lowest BCUT2D eigenvalue weighted by molar-refractivity contribution is 0.0694. The molecular weight excluding hydrogens is 340 g/mol. The second kappa shape index (κ2) is 5.68. The summed E-state index contributed by atoms with van der Waals surface area (Å²) in [6.07, 6.45) is 0.553. The zero-order valence-electron chi connectivity index (χ0n) is 15.5. The van der Waals surface area contributed by atoms with Crippen LogP contribution in [0.25, 0.3) is 0 Å². The Kier molecular flexibility index (Phi) is 3.64. The molecule has 0 saturated carbocycles. The number of ketones is 1. The lowest BCUT2D eigenvalue weighted by atomic mass is 9.63. The molecule has 0 radical (unpaired) electrons. The van der Waals surface area contributed by atoms with Gasteiger partial charge in [0.05, 0.1) is 23.1 Å². The van der Waals surface area contributed by atoms with E-state index in [9.17, 15) is 14.7 Å². The van der Waals surface area contributed by atoms with E-state index < -0.39 is 11.4 Å². The highest BCUT2D eigenvalue weighted by Gasteiger charge is 2.51. The van der Waals surface area contributed by atoms with Gasteiger partial charge in [-0.1, -0.05) is 26.8 Å². The van der Waals surface area contributed by atoms with E-state index in [1.54, 1.807) is 24.3 Å². The molecule has 1 heterocycles. The number of carbonyl (C=O) groups excluding carboxylic acids is 1. The maximum absolute atomic E-state index is 13.4. The zero-order valence-corrected chi connectivity index (χ0v) is 15.5. The summed E-state index contributed by atoms with van der Waals surface area (Å²) < 4.78 is 0. The van der Waals surface area contributed by atoms with E-state index in [1.165, 1.54) is 0 Å². The molecule has 2 atom stereocenters. The quantitative estimate of drug-likeness (QED) is 0.848. The largest absolute Gasteiger partial charge is 0.478 e. The van der Waals surface area contributed by atoms with Crippen molar-refractivity contribution in [3.8, 4) is 6.07 Å². The van der Waals surface area contributed by atoms with E-state index in [2.05, 4.69) is 11.4 Å². The van der Waals surface area contributed by atoms with Crippen LogP contribution in [0, 0.1) is 11.3 Å². The molecule has 27 heavy (non-hydrogen) atoms. The Morgan fingerprint density at radius 3 is 2.67 bits per heavy atom. The molecule has 4 rings (SSSR count). The van der Waals surface area contributed by atoms with Gasteiger partial charge in [0.2, 0.25) is 0 Å². The van der Waals surface area contributed by atoms with E-state index in [0.717, 1.165) is 16.8 Å². The van der Waals surface area contributed by atoms with Crippen molar-refractivity contribution in [1.82, 2.24) is 0 Å². The Bertz CT molecular complexity index is 1050. The number of fused-ring (bicyclic) bond motifs is 4. The van der Waals surface area contributed by atoms with Crippen LogP contribution < -0.4 is 5.32 Å². The second-order valence-electron chi connectivity index (χ2n) is 7.81. The van der Waals surface area contributed by atoms with Crippen LogP contribution in [0.4, 0.5) is 5.69 Å². The van der Waals surface area contributed by atoms with Crippen LogP contribution in [0.5, 0.6) is 0 Å². The molecule has 2 aliphatic rings. The molecule has 0 amide bonds. The van der Waals surface area contributed by atoms with Gasteiger partial charge in [0, 0.05) is 22.7 Å². The van der Waals surface area contributed by atoms with Crippen LogP contribution >= 0.6 is 0 Å². The predicted molar refractivity (Wildman–Crippen MR) is 101 cm³/mol. The number of aromatic carboxylic acids is 1. The van der Waals surface area contributed by atoms with Crippen molar-refractivity contribution >= 4 is 17.4 Å². The number of hydrogen-bond acceptors (Lipinski definition) is 4. The molecule has 1 aliphatic carbocycles. The van der Waals surface area contributed by atoms with Gasteiger partial charge in [-0.05, 0) is 47.4 Å². The molecule has 0 aromatic heterocycles. The van der Waals surface area contributed by atoms with Gasteiger partial charge in [-0.25, -0.2) is 4.79 Å². The van der Waals surface area contributed by atoms with Crippen molar-refractivity contribution in [1.29, 1.82) is 5.26 Å². The molecule has 2 aromatic carbocycles. The van der Waals surface area contributed by atoms with Gasteiger partial charge in [-0.2, -0.15) is 5.26 Å². The molecule has 5 nitrogen and oxygen atoms in total. The maximum atomic E-state index is 13.4. The number of Topliss-reactive ketones (excluding diaryl/α,β-unsaturated/α-hetero) is 1. The third-order valence-electron chi connectivity index (χ3n) is 6.04. The van der Waals surface area contributed by atoms with E-state index >= 15 is 0 Å². The second-order valence-corrected chi connectivity index (χ2v) is 7.81. The lowest BCUT2D eigenvalue weighted by Gasteiger charge is -2.41. The summed E-state index contributed by atoms with van der Waals surface area (Å²) in [6, 6.07) is 10.8. The van der Waals surface area contributed by atoms with Crippen molar-refractivity contribution in [2.75, 3.05) is 5.32 Å². The summed E-state index contributed by atoms with van der Waals surface area (Å²) in [5.74, 6) is -1.30. The van der Waals surface area contributed by atoms with E-state index in [0.29, 0.717) is 23.1 Å². The van der Waals surface area contributed by atoms with Gasteiger partial charge in [-0.3, -0.25) is 4.79 Å². The molecule has 0 fully saturated rings. The number of benzene rings is 2. The summed E-state index contributed by atoms with van der Waals surface area (Å²) >= 11 is 0. The third kappa shape index (κ3) is 2.30. The van der Waals surface area contributed by atoms with E-state index in [1.807, 2.05) is 26.8 Å². The monoisotopic (exact) mass is 360 g/mol. The minimum absolute atomic E-state index is 0.0110. The van der Waals surface area contributed by atoms with Crippen molar-refractivity contribution in [2.24, 2.45) is 0 Å². The van der Waals surface area contributed by atoms with Crippen LogP contribution in [0.15, 0.2) is 30.3 Å². The minimum atomic E-state index is -0.971. The Morgan fingerprint density at radius 2 is 2.04 bits per heavy atom. The molecule has 1 aliphatic heterocycles. The van der Waals surface area contributed by atoms with E-state index in [4.69, 9.17) is 5.26 Å². The average Bonchev–Trinajstić information content (AvgIpc) is 3.05. The molecule has 0 bridgehead atoms. The molecule has 2 aromatic rings. The summed E-state index contributed by atoms with van der Waals surface area (Å²) in [5, 5.41) is 22.2. The highest BCUT2D eigenvalue weighted by atomic mass is 16.4.